The number of carbonyl (C=O) groups is 3. The first kappa shape index (κ1) is 23.7. The van der Waals surface area contributed by atoms with Crippen LogP contribution in [0.1, 0.15) is 25.8 Å². The first-order chi connectivity index (χ1) is 14.2. The molecule has 1 saturated heterocycles. The lowest BCUT2D eigenvalue weighted by Gasteiger charge is -2.19. The van der Waals surface area contributed by atoms with Crippen molar-refractivity contribution in [3.8, 4) is 11.5 Å². The molecule has 30 heavy (non-hydrogen) atoms. The third kappa shape index (κ3) is 5.73. The van der Waals surface area contributed by atoms with Crippen LogP contribution in [-0.4, -0.2) is 58.9 Å². The van der Waals surface area contributed by atoms with E-state index >= 15 is 0 Å². The Hall–Kier alpha value is -2.59. The van der Waals surface area contributed by atoms with Crippen LogP contribution in [0.4, 0.5) is 0 Å². The highest BCUT2D eigenvalue weighted by atomic mass is 32.2. The van der Waals surface area contributed by atoms with Crippen molar-refractivity contribution in [2.24, 2.45) is 5.92 Å². The number of thioether (sulfide) groups is 1. The molecule has 2 rings (SSSR count). The smallest absolute Gasteiger partial charge is 0.326 e. The predicted octanol–water partition coefficient (Wildman–Crippen LogP) is 2.52. The Morgan fingerprint density at radius 2 is 1.93 bits per heavy atom. The second-order valence-electron chi connectivity index (χ2n) is 6.83. The Bertz CT molecular complexity index is 884. The Morgan fingerprint density at radius 3 is 2.50 bits per heavy atom. The number of nitrogens with one attached hydrogen (secondary N) is 1. The number of carboxylic acid groups (broad SMARTS) is 1. The second kappa shape index (κ2) is 10.4. The number of nitrogens with zero attached hydrogens (tertiary/aromatic N) is 1. The molecule has 1 aromatic carbocycles. The summed E-state index contributed by atoms with van der Waals surface area (Å²) in [6, 6.07) is 4.30. The SMILES string of the molecule is COc1ccc(/C=C2/SC(=S)N(CCC(=O)N[C@H](C(=O)O)C(C)C)C2=O)cc1OC. The second-order valence-corrected chi connectivity index (χ2v) is 8.50. The molecule has 0 aromatic heterocycles. The number of aliphatic carboxylic acids is 1. The van der Waals surface area contributed by atoms with Gasteiger partial charge < -0.3 is 19.9 Å². The predicted molar refractivity (Wildman–Crippen MR) is 118 cm³/mol. The highest BCUT2D eigenvalue weighted by molar-refractivity contribution is 8.26. The monoisotopic (exact) mass is 452 g/mol. The molecule has 0 saturated carbocycles. The van der Waals surface area contributed by atoms with Crippen molar-refractivity contribution in [1.29, 1.82) is 0 Å². The summed E-state index contributed by atoms with van der Waals surface area (Å²) in [6.45, 7) is 3.49. The molecule has 1 heterocycles. The van der Waals surface area contributed by atoms with Crippen LogP contribution < -0.4 is 14.8 Å². The van der Waals surface area contributed by atoms with Gasteiger partial charge in [-0.15, -0.1) is 0 Å². The molecule has 0 unspecified atom stereocenters. The summed E-state index contributed by atoms with van der Waals surface area (Å²) in [4.78, 5) is 37.8. The number of thiocarbonyl (C=S) groups is 1. The van der Waals surface area contributed by atoms with Gasteiger partial charge in [-0.3, -0.25) is 14.5 Å². The molecule has 0 radical (unpaired) electrons. The molecule has 0 aliphatic carbocycles. The van der Waals surface area contributed by atoms with Gasteiger partial charge in [-0.1, -0.05) is 43.9 Å². The van der Waals surface area contributed by atoms with E-state index in [1.807, 2.05) is 0 Å². The molecule has 1 aliphatic heterocycles. The minimum absolute atomic E-state index is 0.0490. The summed E-state index contributed by atoms with van der Waals surface area (Å²) < 4.78 is 10.8. The van der Waals surface area contributed by atoms with E-state index in [1.54, 1.807) is 45.2 Å². The Labute approximate surface area is 184 Å². The van der Waals surface area contributed by atoms with Gasteiger partial charge in [0.2, 0.25) is 5.91 Å². The highest BCUT2D eigenvalue weighted by Crippen LogP contribution is 2.34. The minimum atomic E-state index is -1.10. The Kier molecular flexibility index (Phi) is 8.24. The lowest BCUT2D eigenvalue weighted by molar-refractivity contribution is -0.143. The maximum Gasteiger partial charge on any atom is 0.326 e. The van der Waals surface area contributed by atoms with Crippen molar-refractivity contribution in [1.82, 2.24) is 10.2 Å². The van der Waals surface area contributed by atoms with E-state index in [0.29, 0.717) is 20.7 Å². The lowest BCUT2D eigenvalue weighted by Crippen LogP contribution is -2.45. The number of benzene rings is 1. The van der Waals surface area contributed by atoms with E-state index < -0.39 is 17.9 Å². The molecule has 0 bridgehead atoms. The fourth-order valence-electron chi connectivity index (χ4n) is 2.76. The van der Waals surface area contributed by atoms with Crippen molar-refractivity contribution >= 4 is 52.2 Å². The number of rotatable bonds is 9. The molecule has 162 valence electrons. The number of carbonyl (C=O) groups excluding carboxylic acids is 2. The average Bonchev–Trinajstić information content (AvgIpc) is 2.96. The van der Waals surface area contributed by atoms with Crippen molar-refractivity contribution in [2.45, 2.75) is 26.3 Å². The van der Waals surface area contributed by atoms with Crippen molar-refractivity contribution in [3.63, 3.8) is 0 Å². The van der Waals surface area contributed by atoms with Gasteiger partial charge >= 0.3 is 5.97 Å². The van der Waals surface area contributed by atoms with Crippen molar-refractivity contribution in [2.75, 3.05) is 20.8 Å². The summed E-state index contributed by atoms with van der Waals surface area (Å²) in [7, 11) is 3.07. The summed E-state index contributed by atoms with van der Waals surface area (Å²) in [6.07, 6.45) is 1.65. The van der Waals surface area contributed by atoms with Crippen LogP contribution in [0.25, 0.3) is 6.08 Å². The zero-order valence-corrected chi connectivity index (χ0v) is 18.8. The number of hydrogen-bond acceptors (Lipinski definition) is 7. The molecule has 1 atom stereocenters. The number of amides is 2. The summed E-state index contributed by atoms with van der Waals surface area (Å²) in [5, 5.41) is 11.7. The average molecular weight is 453 g/mol. The summed E-state index contributed by atoms with van der Waals surface area (Å²) in [5.74, 6) is -0.986. The zero-order chi connectivity index (χ0) is 22.4. The molecule has 1 fully saturated rings. The van der Waals surface area contributed by atoms with Crippen LogP contribution in [0.15, 0.2) is 23.1 Å². The molecular formula is C20H24N2O6S2. The van der Waals surface area contributed by atoms with Gasteiger partial charge in [0.1, 0.15) is 10.4 Å². The number of carboxylic acids is 1. The molecule has 1 aromatic rings. The first-order valence-corrected chi connectivity index (χ1v) is 10.4. The molecule has 0 spiro atoms. The largest absolute Gasteiger partial charge is 0.493 e. The van der Waals surface area contributed by atoms with Gasteiger partial charge in [-0.25, -0.2) is 4.79 Å². The first-order valence-electron chi connectivity index (χ1n) is 9.17. The fraction of sp³-hybridized carbons (Fsp3) is 0.400. The standard InChI is InChI=1S/C20H24N2O6S2/c1-11(2)17(19(25)26)21-16(23)7-8-22-18(24)15(30-20(22)29)10-12-5-6-13(27-3)14(9-12)28-4/h5-6,9-11,17H,7-8H2,1-4H3,(H,21,23)(H,25,26)/b15-10+/t17-/m0/s1. The van der Waals surface area contributed by atoms with Crippen LogP contribution in [0.3, 0.4) is 0 Å². The van der Waals surface area contributed by atoms with Gasteiger partial charge in [0.15, 0.2) is 11.5 Å². The van der Waals surface area contributed by atoms with E-state index in [-0.39, 0.29) is 24.8 Å². The zero-order valence-electron chi connectivity index (χ0n) is 17.1. The third-order valence-electron chi connectivity index (χ3n) is 4.39. The normalized spacial score (nSPS) is 16.2. The van der Waals surface area contributed by atoms with E-state index in [0.717, 1.165) is 17.3 Å². The Morgan fingerprint density at radius 1 is 1.27 bits per heavy atom. The number of methoxy groups -OCH3 is 2. The van der Waals surface area contributed by atoms with Crippen molar-refractivity contribution in [3.05, 3.63) is 28.7 Å². The molecule has 1 aliphatic rings. The van der Waals surface area contributed by atoms with E-state index in [2.05, 4.69) is 5.32 Å². The summed E-state index contributed by atoms with van der Waals surface area (Å²) >= 11 is 6.43. The molecule has 10 heteroatoms. The summed E-state index contributed by atoms with van der Waals surface area (Å²) in [5.41, 5.74) is 0.743. The molecular weight excluding hydrogens is 428 g/mol. The molecule has 2 amide bonds. The van der Waals surface area contributed by atoms with Crippen LogP contribution in [0, 0.1) is 5.92 Å². The van der Waals surface area contributed by atoms with E-state index in [4.69, 9.17) is 21.7 Å². The van der Waals surface area contributed by atoms with Crippen LogP contribution in [-0.2, 0) is 14.4 Å². The number of hydrogen-bond donors (Lipinski definition) is 2. The Balaban J connectivity index is 2.05. The van der Waals surface area contributed by atoms with Crippen LogP contribution in [0.5, 0.6) is 11.5 Å². The van der Waals surface area contributed by atoms with Crippen LogP contribution in [0.2, 0.25) is 0 Å². The van der Waals surface area contributed by atoms with Gasteiger partial charge in [0, 0.05) is 13.0 Å². The fourth-order valence-corrected chi connectivity index (χ4v) is 4.07. The molecule has 8 nitrogen and oxygen atoms in total. The highest BCUT2D eigenvalue weighted by Gasteiger charge is 2.32. The maximum absolute atomic E-state index is 12.7. The third-order valence-corrected chi connectivity index (χ3v) is 5.77. The topological polar surface area (TPSA) is 105 Å². The van der Waals surface area contributed by atoms with Crippen molar-refractivity contribution < 1.29 is 29.0 Å². The van der Waals surface area contributed by atoms with E-state index in [1.165, 1.54) is 12.0 Å². The molecule has 2 N–H and O–H groups in total. The minimum Gasteiger partial charge on any atom is -0.493 e. The van der Waals surface area contributed by atoms with E-state index in [9.17, 15) is 19.5 Å². The lowest BCUT2D eigenvalue weighted by atomic mass is 10.0. The quantitative estimate of drug-likeness (QED) is 0.435. The number of ether oxygens (including phenoxy) is 2. The van der Waals surface area contributed by atoms with Crippen LogP contribution >= 0.6 is 24.0 Å². The van der Waals surface area contributed by atoms with Gasteiger partial charge in [0.05, 0.1) is 19.1 Å². The maximum atomic E-state index is 12.7. The van der Waals surface area contributed by atoms with Gasteiger partial charge in [-0.2, -0.15) is 0 Å². The van der Waals surface area contributed by atoms with Gasteiger partial charge in [0.25, 0.3) is 5.91 Å². The van der Waals surface area contributed by atoms with Gasteiger partial charge in [-0.05, 0) is 29.7 Å².